The van der Waals surface area contributed by atoms with E-state index in [1.807, 2.05) is 37.1 Å². The van der Waals surface area contributed by atoms with Gasteiger partial charge in [0, 0.05) is 22.2 Å². The predicted octanol–water partition coefficient (Wildman–Crippen LogP) is 5.69. The van der Waals surface area contributed by atoms with E-state index in [0.717, 1.165) is 47.2 Å². The van der Waals surface area contributed by atoms with Crippen molar-refractivity contribution in [1.82, 2.24) is 20.2 Å². The zero-order chi connectivity index (χ0) is 23.3. The second-order valence-electron chi connectivity index (χ2n) is 8.82. The number of piperidine rings is 1. The smallest absolute Gasteiger partial charge is 0.286 e. The third-order valence-electron chi connectivity index (χ3n) is 6.02. The lowest BCUT2D eigenvalue weighted by molar-refractivity contribution is 0.0720. The van der Waals surface area contributed by atoms with Crippen LogP contribution >= 0.6 is 34.2 Å². The van der Waals surface area contributed by atoms with Gasteiger partial charge in [0.15, 0.2) is 5.69 Å². The van der Waals surface area contributed by atoms with Gasteiger partial charge in [-0.15, -0.1) is 0 Å². The average molecular weight is 581 g/mol. The summed E-state index contributed by atoms with van der Waals surface area (Å²) in [4.78, 5) is 13.4. The Morgan fingerprint density at radius 1 is 1.18 bits per heavy atom. The molecular formula is C24H23ClFIN4O2. The van der Waals surface area contributed by atoms with Gasteiger partial charge in [0.05, 0.1) is 22.0 Å². The van der Waals surface area contributed by atoms with Crippen LogP contribution in [0.1, 0.15) is 49.2 Å². The second kappa shape index (κ2) is 8.56. The van der Waals surface area contributed by atoms with Crippen molar-refractivity contribution >= 4 is 40.1 Å². The molecular weight excluding hydrogens is 558 g/mol. The maximum Gasteiger partial charge on any atom is 0.286 e. The highest BCUT2D eigenvalue weighted by Crippen LogP contribution is 2.48. The molecule has 33 heavy (non-hydrogen) atoms. The standard InChI is InChI=1S/C24H23ClFIN4O2/c1-24(2)20-21(23(32)29-30-10-4-3-5-11-30)28-31(18-9-6-14(26)12-17(18)25)22(20)16-8-7-15(27)13-19(16)33-24/h6-9,12-13H,3-5,10-11H2,1-2H3,(H,29,32). The highest BCUT2D eigenvalue weighted by atomic mass is 127. The largest absolute Gasteiger partial charge is 0.482 e. The molecule has 0 bridgehead atoms. The van der Waals surface area contributed by atoms with E-state index in [4.69, 9.17) is 21.4 Å². The van der Waals surface area contributed by atoms with Crippen molar-refractivity contribution < 1.29 is 13.9 Å². The van der Waals surface area contributed by atoms with Gasteiger partial charge in [-0.1, -0.05) is 18.0 Å². The Hall–Kier alpha value is -2.17. The number of hydrogen-bond acceptors (Lipinski definition) is 4. The molecule has 1 N–H and O–H groups in total. The fourth-order valence-electron chi connectivity index (χ4n) is 4.53. The van der Waals surface area contributed by atoms with Gasteiger partial charge in [-0.3, -0.25) is 10.2 Å². The molecule has 0 radical (unpaired) electrons. The molecule has 9 heteroatoms. The van der Waals surface area contributed by atoms with Crippen LogP contribution in [0.2, 0.25) is 5.02 Å². The minimum absolute atomic E-state index is 0.208. The minimum atomic E-state index is -0.827. The van der Waals surface area contributed by atoms with Crippen LogP contribution in [-0.4, -0.2) is 33.8 Å². The molecule has 5 rings (SSSR count). The number of hydrazine groups is 1. The second-order valence-corrected chi connectivity index (χ2v) is 10.5. The number of benzene rings is 2. The van der Waals surface area contributed by atoms with Crippen molar-refractivity contribution in [3.63, 3.8) is 0 Å². The molecule has 0 unspecified atom stereocenters. The van der Waals surface area contributed by atoms with Crippen molar-refractivity contribution in [3.05, 3.63) is 62.1 Å². The number of halogens is 3. The van der Waals surface area contributed by atoms with Gasteiger partial charge in [0.25, 0.3) is 5.91 Å². The number of aromatic nitrogens is 2. The van der Waals surface area contributed by atoms with E-state index in [9.17, 15) is 9.18 Å². The van der Waals surface area contributed by atoms with Crippen LogP contribution in [0.4, 0.5) is 4.39 Å². The van der Waals surface area contributed by atoms with Crippen molar-refractivity contribution in [2.24, 2.45) is 0 Å². The number of carbonyl (C=O) groups excluding carboxylic acids is 1. The van der Waals surface area contributed by atoms with Crippen LogP contribution in [-0.2, 0) is 5.60 Å². The summed E-state index contributed by atoms with van der Waals surface area (Å²) in [6.07, 6.45) is 3.24. The molecule has 1 fully saturated rings. The van der Waals surface area contributed by atoms with Crippen LogP contribution < -0.4 is 10.2 Å². The lowest BCUT2D eigenvalue weighted by atomic mass is 9.89. The summed E-state index contributed by atoms with van der Waals surface area (Å²) < 4.78 is 22.8. The third-order valence-corrected chi connectivity index (χ3v) is 6.99. The maximum atomic E-state index is 13.8. The summed E-state index contributed by atoms with van der Waals surface area (Å²) in [5.41, 5.74) is 5.14. The van der Waals surface area contributed by atoms with Gasteiger partial charge in [-0.05, 0) is 85.7 Å². The summed E-state index contributed by atoms with van der Waals surface area (Å²) in [5, 5.41) is 6.87. The van der Waals surface area contributed by atoms with Crippen LogP contribution in [0.25, 0.3) is 16.9 Å². The van der Waals surface area contributed by atoms with E-state index in [2.05, 4.69) is 28.0 Å². The topological polar surface area (TPSA) is 59.4 Å². The number of rotatable bonds is 3. The van der Waals surface area contributed by atoms with Crippen molar-refractivity contribution in [2.75, 3.05) is 13.1 Å². The number of fused-ring (bicyclic) bond motifs is 3. The number of ether oxygens (including phenoxy) is 1. The zero-order valence-electron chi connectivity index (χ0n) is 18.3. The normalized spacial score (nSPS) is 17.1. The third kappa shape index (κ3) is 4.13. The summed E-state index contributed by atoms with van der Waals surface area (Å²) >= 11 is 8.67. The first-order chi connectivity index (χ1) is 15.7. The minimum Gasteiger partial charge on any atom is -0.482 e. The van der Waals surface area contributed by atoms with Crippen LogP contribution in [0, 0.1) is 9.39 Å². The number of hydrogen-bond donors (Lipinski definition) is 1. The Morgan fingerprint density at radius 2 is 1.94 bits per heavy atom. The van der Waals surface area contributed by atoms with E-state index in [-0.39, 0.29) is 16.6 Å². The van der Waals surface area contributed by atoms with Crippen LogP contribution in [0.3, 0.4) is 0 Å². The van der Waals surface area contributed by atoms with E-state index in [1.54, 1.807) is 10.7 Å². The summed E-state index contributed by atoms with van der Waals surface area (Å²) in [6.45, 7) is 5.45. The Kier molecular flexibility index (Phi) is 5.86. The SMILES string of the molecule is CC1(C)Oc2cc(I)ccc2-c2c1c(C(=O)NN1CCCCC1)nn2-c1ccc(F)cc1Cl. The molecule has 1 saturated heterocycles. The van der Waals surface area contributed by atoms with Gasteiger partial charge >= 0.3 is 0 Å². The summed E-state index contributed by atoms with van der Waals surface area (Å²) in [6, 6.07) is 10.0. The first-order valence-corrected chi connectivity index (χ1v) is 12.3. The Labute approximate surface area is 210 Å². The molecule has 2 aliphatic rings. The lowest BCUT2D eigenvalue weighted by Gasteiger charge is -2.34. The van der Waals surface area contributed by atoms with Crippen molar-refractivity contribution in [2.45, 2.75) is 38.7 Å². The first-order valence-electron chi connectivity index (χ1n) is 10.9. The lowest BCUT2D eigenvalue weighted by Crippen LogP contribution is -2.46. The Bertz CT molecular complexity index is 1250. The number of nitrogens with one attached hydrogen (secondary N) is 1. The van der Waals surface area contributed by atoms with E-state index < -0.39 is 11.4 Å². The molecule has 0 atom stereocenters. The van der Waals surface area contributed by atoms with Gasteiger partial charge < -0.3 is 4.74 Å². The van der Waals surface area contributed by atoms with Gasteiger partial charge in [0.2, 0.25) is 0 Å². The maximum absolute atomic E-state index is 13.8. The highest BCUT2D eigenvalue weighted by molar-refractivity contribution is 14.1. The van der Waals surface area contributed by atoms with Crippen molar-refractivity contribution in [3.8, 4) is 22.7 Å². The first kappa shape index (κ1) is 22.6. The van der Waals surface area contributed by atoms with Crippen molar-refractivity contribution in [1.29, 1.82) is 0 Å². The van der Waals surface area contributed by atoms with Crippen LogP contribution in [0.15, 0.2) is 36.4 Å². The predicted molar refractivity (Wildman–Crippen MR) is 133 cm³/mol. The van der Waals surface area contributed by atoms with E-state index >= 15 is 0 Å². The van der Waals surface area contributed by atoms with Gasteiger partial charge in [-0.2, -0.15) is 5.10 Å². The molecule has 1 aromatic heterocycles. The fourth-order valence-corrected chi connectivity index (χ4v) is 5.24. The summed E-state index contributed by atoms with van der Waals surface area (Å²) in [7, 11) is 0. The molecule has 6 nitrogen and oxygen atoms in total. The van der Waals surface area contributed by atoms with E-state index in [1.165, 1.54) is 12.1 Å². The zero-order valence-corrected chi connectivity index (χ0v) is 21.2. The molecule has 172 valence electrons. The van der Waals surface area contributed by atoms with Crippen LogP contribution in [0.5, 0.6) is 5.75 Å². The van der Waals surface area contributed by atoms with Gasteiger partial charge in [0.1, 0.15) is 17.2 Å². The summed E-state index contributed by atoms with van der Waals surface area (Å²) in [5.74, 6) is -0.0380. The molecule has 0 spiro atoms. The van der Waals surface area contributed by atoms with Gasteiger partial charge in [-0.25, -0.2) is 14.1 Å². The van der Waals surface area contributed by atoms with E-state index in [0.29, 0.717) is 17.0 Å². The molecule has 1 amide bonds. The Morgan fingerprint density at radius 3 is 2.67 bits per heavy atom. The monoisotopic (exact) mass is 580 g/mol. The molecule has 3 aromatic rings. The molecule has 2 aliphatic heterocycles. The molecule has 2 aromatic carbocycles. The number of amides is 1. The molecule has 0 saturated carbocycles. The number of carbonyl (C=O) groups is 1. The highest BCUT2D eigenvalue weighted by Gasteiger charge is 2.41. The molecule has 0 aliphatic carbocycles. The quantitative estimate of drug-likeness (QED) is 0.404. The fraction of sp³-hybridized carbons (Fsp3) is 0.333. The average Bonchev–Trinajstić information content (AvgIpc) is 3.16. The number of nitrogens with zero attached hydrogens (tertiary/aromatic N) is 3. The molecule has 3 heterocycles. The Balaban J connectivity index is 1.72.